The Morgan fingerprint density at radius 3 is 2.64 bits per heavy atom. The first-order valence-electron chi connectivity index (χ1n) is 8.54. The van der Waals surface area contributed by atoms with Crippen LogP contribution in [-0.4, -0.2) is 32.7 Å². The van der Waals surface area contributed by atoms with Gasteiger partial charge in [0.15, 0.2) is 6.61 Å². The molecule has 0 heterocycles. The van der Waals surface area contributed by atoms with E-state index in [1.165, 1.54) is 11.3 Å². The number of benzene rings is 2. The van der Waals surface area contributed by atoms with Crippen molar-refractivity contribution in [2.24, 2.45) is 0 Å². The van der Waals surface area contributed by atoms with Gasteiger partial charge in [0, 0.05) is 25.8 Å². The van der Waals surface area contributed by atoms with Crippen molar-refractivity contribution in [1.29, 1.82) is 0 Å². The highest BCUT2D eigenvalue weighted by atomic mass is 79.9. The van der Waals surface area contributed by atoms with Crippen molar-refractivity contribution in [3.05, 3.63) is 58.6 Å². The van der Waals surface area contributed by atoms with Crippen LogP contribution >= 0.6 is 15.9 Å². The lowest BCUT2D eigenvalue weighted by molar-refractivity contribution is -0.123. The second-order valence-electron chi connectivity index (χ2n) is 5.87. The van der Waals surface area contributed by atoms with Crippen LogP contribution in [0.15, 0.2) is 53.0 Å². The van der Waals surface area contributed by atoms with Crippen molar-refractivity contribution in [2.45, 2.75) is 19.8 Å². The number of halogens is 1. The first-order valence-corrected chi connectivity index (χ1v) is 9.33. The Morgan fingerprint density at radius 1 is 1.20 bits per heavy atom. The molecule has 1 N–H and O–H groups in total. The van der Waals surface area contributed by atoms with Crippen molar-refractivity contribution in [3.8, 4) is 5.75 Å². The number of amides is 1. The minimum atomic E-state index is -0.103. The van der Waals surface area contributed by atoms with E-state index in [9.17, 15) is 4.79 Å². The van der Waals surface area contributed by atoms with Crippen LogP contribution in [0.2, 0.25) is 0 Å². The molecule has 0 saturated heterocycles. The monoisotopic (exact) mass is 404 g/mol. The molecule has 0 aliphatic carbocycles. The zero-order valence-corrected chi connectivity index (χ0v) is 16.4. The summed E-state index contributed by atoms with van der Waals surface area (Å²) in [5.41, 5.74) is 2.41. The summed E-state index contributed by atoms with van der Waals surface area (Å²) in [4.78, 5) is 14.1. The summed E-state index contributed by atoms with van der Waals surface area (Å²) in [5.74, 6) is 0.588. The molecule has 4 nitrogen and oxygen atoms in total. The second kappa shape index (κ2) is 10.1. The maximum absolute atomic E-state index is 11.9. The average molecular weight is 405 g/mol. The van der Waals surface area contributed by atoms with Gasteiger partial charge in [-0.2, -0.15) is 0 Å². The average Bonchev–Trinajstić information content (AvgIpc) is 2.64. The minimum absolute atomic E-state index is 0.0264. The van der Waals surface area contributed by atoms with Gasteiger partial charge in [-0.25, -0.2) is 0 Å². The fourth-order valence-electron chi connectivity index (χ4n) is 2.43. The SMILES string of the molecule is CCc1ccc(OCC(=O)NCCCN(C)c2ccccc2)c(Br)c1. The highest BCUT2D eigenvalue weighted by molar-refractivity contribution is 9.10. The molecule has 1 amide bonds. The summed E-state index contributed by atoms with van der Waals surface area (Å²) < 4.78 is 6.46. The highest BCUT2D eigenvalue weighted by Gasteiger charge is 2.06. The number of nitrogens with one attached hydrogen (secondary N) is 1. The molecule has 0 unspecified atom stereocenters. The normalized spacial score (nSPS) is 10.4. The number of para-hydroxylation sites is 1. The number of hydrogen-bond donors (Lipinski definition) is 1. The lowest BCUT2D eigenvalue weighted by Gasteiger charge is -2.19. The molecule has 0 fully saturated rings. The summed E-state index contributed by atoms with van der Waals surface area (Å²) in [7, 11) is 2.05. The molecule has 0 atom stereocenters. The predicted octanol–water partition coefficient (Wildman–Crippen LogP) is 4.03. The van der Waals surface area contributed by atoms with E-state index >= 15 is 0 Å². The molecule has 0 aliphatic heterocycles. The summed E-state index contributed by atoms with van der Waals surface area (Å²) in [6.07, 6.45) is 1.85. The minimum Gasteiger partial charge on any atom is -0.483 e. The fourth-order valence-corrected chi connectivity index (χ4v) is 2.97. The topological polar surface area (TPSA) is 41.6 Å². The number of ether oxygens (including phenoxy) is 1. The molecule has 2 aromatic carbocycles. The van der Waals surface area contributed by atoms with Crippen LogP contribution < -0.4 is 15.0 Å². The molecule has 25 heavy (non-hydrogen) atoms. The number of anilines is 1. The summed E-state index contributed by atoms with van der Waals surface area (Å²) >= 11 is 3.48. The van der Waals surface area contributed by atoms with E-state index in [1.54, 1.807) is 0 Å². The van der Waals surface area contributed by atoms with Crippen LogP contribution in [0.3, 0.4) is 0 Å². The Kier molecular flexibility index (Phi) is 7.79. The Bertz CT molecular complexity index is 677. The number of carbonyl (C=O) groups excluding carboxylic acids is 1. The van der Waals surface area contributed by atoms with Crippen molar-refractivity contribution < 1.29 is 9.53 Å². The molecule has 0 aliphatic rings. The Hall–Kier alpha value is -2.01. The van der Waals surface area contributed by atoms with Crippen LogP contribution in [0, 0.1) is 0 Å². The number of rotatable bonds is 9. The van der Waals surface area contributed by atoms with Crippen LogP contribution in [-0.2, 0) is 11.2 Å². The zero-order valence-electron chi connectivity index (χ0n) is 14.8. The molecule has 5 heteroatoms. The molecular weight excluding hydrogens is 380 g/mol. The van der Waals surface area contributed by atoms with E-state index in [0.29, 0.717) is 12.3 Å². The van der Waals surface area contributed by atoms with E-state index < -0.39 is 0 Å². The van der Waals surface area contributed by atoms with E-state index in [2.05, 4.69) is 52.3 Å². The Labute approximate surface area is 158 Å². The third kappa shape index (κ3) is 6.42. The van der Waals surface area contributed by atoms with Gasteiger partial charge >= 0.3 is 0 Å². The van der Waals surface area contributed by atoms with E-state index in [-0.39, 0.29) is 12.5 Å². The fraction of sp³-hybridized carbons (Fsp3) is 0.350. The van der Waals surface area contributed by atoms with Crippen LogP contribution in [0.5, 0.6) is 5.75 Å². The lowest BCUT2D eigenvalue weighted by Crippen LogP contribution is -2.31. The largest absolute Gasteiger partial charge is 0.483 e. The lowest BCUT2D eigenvalue weighted by atomic mass is 10.2. The molecule has 0 aromatic heterocycles. The van der Waals surface area contributed by atoms with Crippen LogP contribution in [0.25, 0.3) is 0 Å². The third-order valence-corrected chi connectivity index (χ3v) is 4.57. The number of hydrogen-bond acceptors (Lipinski definition) is 3. The van der Waals surface area contributed by atoms with Crippen molar-refractivity contribution in [3.63, 3.8) is 0 Å². The molecule has 2 aromatic rings. The van der Waals surface area contributed by atoms with Gasteiger partial charge in [0.1, 0.15) is 5.75 Å². The van der Waals surface area contributed by atoms with Crippen LogP contribution in [0.1, 0.15) is 18.9 Å². The second-order valence-corrected chi connectivity index (χ2v) is 6.72. The van der Waals surface area contributed by atoms with Gasteiger partial charge in [-0.15, -0.1) is 0 Å². The third-order valence-electron chi connectivity index (χ3n) is 3.95. The van der Waals surface area contributed by atoms with Crippen LogP contribution in [0.4, 0.5) is 5.69 Å². The van der Waals surface area contributed by atoms with Gasteiger partial charge in [0.2, 0.25) is 0 Å². The van der Waals surface area contributed by atoms with E-state index in [1.807, 2.05) is 36.4 Å². The van der Waals surface area contributed by atoms with E-state index in [4.69, 9.17) is 4.74 Å². The van der Waals surface area contributed by atoms with Gasteiger partial charge < -0.3 is 15.0 Å². The zero-order chi connectivity index (χ0) is 18.1. The maximum Gasteiger partial charge on any atom is 0.257 e. The molecule has 0 saturated carbocycles. The predicted molar refractivity (Wildman–Crippen MR) is 106 cm³/mol. The summed E-state index contributed by atoms with van der Waals surface area (Å²) in [6, 6.07) is 16.1. The quantitative estimate of drug-likeness (QED) is 0.641. The summed E-state index contributed by atoms with van der Waals surface area (Å²) in [5, 5.41) is 2.90. The number of carbonyl (C=O) groups is 1. The van der Waals surface area contributed by atoms with Gasteiger partial charge in [-0.05, 0) is 58.6 Å². The van der Waals surface area contributed by atoms with Gasteiger partial charge in [0.25, 0.3) is 5.91 Å². The van der Waals surface area contributed by atoms with Crippen molar-refractivity contribution in [1.82, 2.24) is 5.32 Å². The van der Waals surface area contributed by atoms with E-state index in [0.717, 1.165) is 23.9 Å². The Balaban J connectivity index is 1.66. The molecule has 2 rings (SSSR count). The molecular formula is C20H25BrN2O2. The standard InChI is InChI=1S/C20H25BrN2O2/c1-3-16-10-11-19(18(21)14-16)25-15-20(24)22-12-7-13-23(2)17-8-5-4-6-9-17/h4-6,8-11,14H,3,7,12-13,15H2,1-2H3,(H,22,24). The molecule has 0 bridgehead atoms. The van der Waals surface area contributed by atoms with Crippen molar-refractivity contribution >= 4 is 27.5 Å². The summed E-state index contributed by atoms with van der Waals surface area (Å²) in [6.45, 7) is 3.65. The molecule has 0 radical (unpaired) electrons. The molecule has 134 valence electrons. The number of aryl methyl sites for hydroxylation is 1. The smallest absolute Gasteiger partial charge is 0.257 e. The Morgan fingerprint density at radius 2 is 1.96 bits per heavy atom. The highest BCUT2D eigenvalue weighted by Crippen LogP contribution is 2.26. The number of nitrogens with zero attached hydrogens (tertiary/aromatic N) is 1. The first kappa shape index (κ1) is 19.3. The van der Waals surface area contributed by atoms with Gasteiger partial charge in [-0.3, -0.25) is 4.79 Å². The first-order chi connectivity index (χ1) is 12.1. The maximum atomic E-state index is 11.9. The van der Waals surface area contributed by atoms with Gasteiger partial charge in [-0.1, -0.05) is 31.2 Å². The molecule has 0 spiro atoms. The van der Waals surface area contributed by atoms with Crippen molar-refractivity contribution in [2.75, 3.05) is 31.6 Å². The van der Waals surface area contributed by atoms with Gasteiger partial charge in [0.05, 0.1) is 4.47 Å².